The highest BCUT2D eigenvalue weighted by atomic mass is 19.4. The van der Waals surface area contributed by atoms with E-state index in [0.717, 1.165) is 54.8 Å². The number of alkyl halides is 3. The average molecular weight is 454 g/mol. The van der Waals surface area contributed by atoms with Crippen molar-refractivity contribution in [1.29, 1.82) is 0 Å². The quantitative estimate of drug-likeness (QED) is 0.680. The van der Waals surface area contributed by atoms with Crippen LogP contribution in [0.2, 0.25) is 0 Å². The number of benzene rings is 1. The summed E-state index contributed by atoms with van der Waals surface area (Å²) in [6.45, 7) is 10.2. The Morgan fingerprint density at radius 3 is 2.41 bits per heavy atom. The van der Waals surface area contributed by atoms with Gasteiger partial charge in [-0.05, 0) is 64.0 Å². The molecule has 1 N–H and O–H groups in total. The van der Waals surface area contributed by atoms with Gasteiger partial charge in [0.15, 0.2) is 0 Å². The molecule has 1 aromatic heterocycles. The van der Waals surface area contributed by atoms with Gasteiger partial charge in [0.1, 0.15) is 6.04 Å². The van der Waals surface area contributed by atoms with E-state index in [0.29, 0.717) is 6.54 Å². The molecular weight excluding hydrogens is 423 g/mol. The summed E-state index contributed by atoms with van der Waals surface area (Å²) in [4.78, 5) is 33.6. The summed E-state index contributed by atoms with van der Waals surface area (Å²) >= 11 is 0. The van der Waals surface area contributed by atoms with E-state index < -0.39 is 29.4 Å². The van der Waals surface area contributed by atoms with Gasteiger partial charge in [0.05, 0.1) is 11.0 Å². The number of carbonyl (C=O) groups is 1. The minimum atomic E-state index is -4.91. The van der Waals surface area contributed by atoms with Crippen LogP contribution >= 0.6 is 0 Å². The van der Waals surface area contributed by atoms with Crippen molar-refractivity contribution in [3.63, 3.8) is 0 Å². The van der Waals surface area contributed by atoms with E-state index in [2.05, 4.69) is 27.1 Å². The Labute approximate surface area is 185 Å². The number of carbonyl (C=O) groups excluding carboxylic acids is 1. The fourth-order valence-corrected chi connectivity index (χ4v) is 3.88. The standard InChI is InChI=1S/C22H30F3N5O2/c1-14-12-17-18(13-15(14)2)30(21(32)19(27-17)22(23,24)25)16(3)20(31)26-6-5-7-29-10-8-28(4)9-11-29/h12-13,16H,5-11H2,1-4H3,(H,26,31)/t16-/m0/s1. The fourth-order valence-electron chi connectivity index (χ4n) is 3.88. The van der Waals surface area contributed by atoms with Gasteiger partial charge in [0.25, 0.3) is 5.56 Å². The molecule has 1 aliphatic heterocycles. The highest BCUT2D eigenvalue weighted by Crippen LogP contribution is 2.28. The summed E-state index contributed by atoms with van der Waals surface area (Å²) in [5.74, 6) is -0.496. The van der Waals surface area contributed by atoms with E-state index in [1.165, 1.54) is 13.0 Å². The molecule has 1 amide bonds. The molecule has 7 nitrogen and oxygen atoms in total. The van der Waals surface area contributed by atoms with E-state index in [4.69, 9.17) is 0 Å². The number of aromatic nitrogens is 2. The summed E-state index contributed by atoms with van der Waals surface area (Å²) in [6.07, 6.45) is -4.19. The summed E-state index contributed by atoms with van der Waals surface area (Å²) in [5.41, 5.74) is -1.02. The zero-order valence-electron chi connectivity index (χ0n) is 18.9. The van der Waals surface area contributed by atoms with Crippen LogP contribution in [0.4, 0.5) is 13.2 Å². The summed E-state index contributed by atoms with van der Waals surface area (Å²) < 4.78 is 41.3. The highest BCUT2D eigenvalue weighted by Gasteiger charge is 2.38. The van der Waals surface area contributed by atoms with Gasteiger partial charge in [-0.15, -0.1) is 0 Å². The number of hydrogen-bond donors (Lipinski definition) is 1. The molecule has 1 aromatic carbocycles. The van der Waals surface area contributed by atoms with Gasteiger partial charge in [-0.1, -0.05) is 0 Å². The topological polar surface area (TPSA) is 70.5 Å². The van der Waals surface area contributed by atoms with E-state index in [-0.39, 0.29) is 11.0 Å². The third-order valence-electron chi connectivity index (χ3n) is 6.09. The van der Waals surface area contributed by atoms with Crippen LogP contribution in [0.5, 0.6) is 0 Å². The number of rotatable bonds is 6. The lowest BCUT2D eigenvalue weighted by atomic mass is 10.1. The second-order valence-corrected chi connectivity index (χ2v) is 8.52. The highest BCUT2D eigenvalue weighted by molar-refractivity contribution is 5.84. The summed E-state index contributed by atoms with van der Waals surface area (Å²) in [5, 5.41) is 2.77. The first-order valence-electron chi connectivity index (χ1n) is 10.8. The number of nitrogens with one attached hydrogen (secondary N) is 1. The summed E-state index contributed by atoms with van der Waals surface area (Å²) in [6, 6.07) is 2.01. The Bertz CT molecular complexity index is 1040. The van der Waals surface area contributed by atoms with Crippen molar-refractivity contribution in [3.05, 3.63) is 39.3 Å². The molecule has 0 bridgehead atoms. The number of halogens is 3. The van der Waals surface area contributed by atoms with Gasteiger partial charge in [-0.3, -0.25) is 14.2 Å². The number of piperazine rings is 1. The molecule has 176 valence electrons. The van der Waals surface area contributed by atoms with Crippen LogP contribution in [0, 0.1) is 13.8 Å². The van der Waals surface area contributed by atoms with Crippen molar-refractivity contribution in [2.45, 2.75) is 39.4 Å². The van der Waals surface area contributed by atoms with Crippen LogP contribution in [-0.4, -0.2) is 71.6 Å². The molecule has 0 aliphatic carbocycles. The zero-order chi connectivity index (χ0) is 23.6. The second-order valence-electron chi connectivity index (χ2n) is 8.52. The van der Waals surface area contributed by atoms with Crippen LogP contribution in [0.15, 0.2) is 16.9 Å². The van der Waals surface area contributed by atoms with E-state index in [1.54, 1.807) is 19.9 Å². The molecule has 1 fully saturated rings. The molecule has 0 unspecified atom stereocenters. The molecule has 1 saturated heterocycles. The third kappa shape index (κ3) is 5.29. The third-order valence-corrected chi connectivity index (χ3v) is 6.09. The van der Waals surface area contributed by atoms with Crippen molar-refractivity contribution < 1.29 is 18.0 Å². The Hall–Kier alpha value is -2.46. The van der Waals surface area contributed by atoms with Crippen LogP contribution in [-0.2, 0) is 11.0 Å². The maximum atomic E-state index is 13.5. The summed E-state index contributed by atoms with van der Waals surface area (Å²) in [7, 11) is 2.08. The predicted octanol–water partition coefficient (Wildman–Crippen LogP) is 2.35. The monoisotopic (exact) mass is 453 g/mol. The van der Waals surface area contributed by atoms with Gasteiger partial charge >= 0.3 is 6.18 Å². The number of amides is 1. The van der Waals surface area contributed by atoms with Crippen LogP contribution < -0.4 is 10.9 Å². The smallest absolute Gasteiger partial charge is 0.354 e. The SMILES string of the molecule is Cc1cc2nc(C(F)(F)F)c(=O)n([C@@H](C)C(=O)NCCCN3CCN(C)CC3)c2cc1C. The van der Waals surface area contributed by atoms with Crippen molar-refractivity contribution in [1.82, 2.24) is 24.7 Å². The van der Waals surface area contributed by atoms with Gasteiger partial charge in [-0.2, -0.15) is 13.2 Å². The number of aryl methyl sites for hydroxylation is 2. The minimum absolute atomic E-state index is 0.0368. The Morgan fingerprint density at radius 1 is 1.16 bits per heavy atom. The van der Waals surface area contributed by atoms with Gasteiger partial charge in [0, 0.05) is 32.7 Å². The molecule has 0 radical (unpaired) electrons. The maximum absolute atomic E-state index is 13.5. The zero-order valence-corrected chi connectivity index (χ0v) is 18.9. The molecule has 0 saturated carbocycles. The molecule has 1 aliphatic rings. The average Bonchev–Trinajstić information content (AvgIpc) is 2.72. The van der Waals surface area contributed by atoms with Crippen LogP contribution in [0.1, 0.15) is 36.2 Å². The van der Waals surface area contributed by atoms with Gasteiger partial charge in [0.2, 0.25) is 11.6 Å². The predicted molar refractivity (Wildman–Crippen MR) is 117 cm³/mol. The molecule has 3 rings (SSSR count). The largest absolute Gasteiger partial charge is 0.438 e. The van der Waals surface area contributed by atoms with E-state index in [1.807, 2.05) is 0 Å². The van der Waals surface area contributed by atoms with Crippen molar-refractivity contribution in [2.24, 2.45) is 0 Å². The lowest BCUT2D eigenvalue weighted by Gasteiger charge is -2.32. The van der Waals surface area contributed by atoms with Crippen LogP contribution in [0.3, 0.4) is 0 Å². The molecule has 0 spiro atoms. The van der Waals surface area contributed by atoms with Crippen molar-refractivity contribution >= 4 is 16.9 Å². The minimum Gasteiger partial charge on any atom is -0.354 e. The Morgan fingerprint density at radius 2 is 1.78 bits per heavy atom. The first-order chi connectivity index (χ1) is 15.0. The molecular formula is C22H30F3N5O2. The number of likely N-dealkylation sites (N-methyl/N-ethyl adjacent to an activating group) is 1. The Balaban J connectivity index is 1.79. The van der Waals surface area contributed by atoms with Gasteiger partial charge in [-0.25, -0.2) is 4.98 Å². The molecule has 10 heteroatoms. The van der Waals surface area contributed by atoms with Crippen LogP contribution in [0.25, 0.3) is 11.0 Å². The van der Waals surface area contributed by atoms with Crippen molar-refractivity contribution in [3.8, 4) is 0 Å². The van der Waals surface area contributed by atoms with E-state index >= 15 is 0 Å². The number of hydrogen-bond acceptors (Lipinski definition) is 5. The normalized spacial score (nSPS) is 17.0. The van der Waals surface area contributed by atoms with E-state index in [9.17, 15) is 22.8 Å². The maximum Gasteiger partial charge on any atom is 0.438 e. The first-order valence-corrected chi connectivity index (χ1v) is 10.8. The molecule has 2 aromatic rings. The second kappa shape index (κ2) is 9.58. The fraction of sp³-hybridized carbons (Fsp3) is 0.591. The number of fused-ring (bicyclic) bond motifs is 1. The molecule has 2 heterocycles. The van der Waals surface area contributed by atoms with Gasteiger partial charge < -0.3 is 15.1 Å². The first kappa shape index (κ1) is 24.2. The molecule has 1 atom stereocenters. The lowest BCUT2D eigenvalue weighted by molar-refractivity contribution is -0.142. The molecule has 32 heavy (non-hydrogen) atoms. The number of nitrogens with zero attached hydrogens (tertiary/aromatic N) is 4. The van der Waals surface area contributed by atoms with Crippen molar-refractivity contribution in [2.75, 3.05) is 46.3 Å². The lowest BCUT2D eigenvalue weighted by Crippen LogP contribution is -2.45. The Kier molecular flexibility index (Phi) is 7.24.